The zero-order chi connectivity index (χ0) is 14.6. The van der Waals surface area contributed by atoms with Gasteiger partial charge in [0.05, 0.1) is 13.2 Å². The average molecular weight is 296 g/mol. The van der Waals surface area contributed by atoms with Gasteiger partial charge in [-0.25, -0.2) is 0 Å². The molecule has 1 saturated heterocycles. The maximum Gasteiger partial charge on any atom is 0.253 e. The van der Waals surface area contributed by atoms with Crippen LogP contribution in [0, 0.1) is 0 Å². The average Bonchev–Trinajstić information content (AvgIpc) is 2.91. The summed E-state index contributed by atoms with van der Waals surface area (Å²) in [5.41, 5.74) is -0.945. The van der Waals surface area contributed by atoms with Crippen LogP contribution in [-0.2, 0) is 20.7 Å². The molecule has 5 nitrogen and oxygen atoms in total. The molecule has 110 valence electrons. The van der Waals surface area contributed by atoms with E-state index in [-0.39, 0.29) is 11.8 Å². The Morgan fingerprint density at radius 2 is 2.35 bits per heavy atom. The van der Waals surface area contributed by atoms with Crippen molar-refractivity contribution >= 4 is 23.2 Å². The number of amides is 2. The molecule has 20 heavy (non-hydrogen) atoms. The highest BCUT2D eigenvalue weighted by Crippen LogP contribution is 2.18. The van der Waals surface area contributed by atoms with E-state index in [1.807, 2.05) is 17.5 Å². The lowest BCUT2D eigenvalue weighted by molar-refractivity contribution is -0.161. The molecule has 0 radical (unpaired) electrons. The Balaban J connectivity index is 1.85. The third-order valence-electron chi connectivity index (χ3n) is 3.44. The lowest BCUT2D eigenvalue weighted by Gasteiger charge is -2.38. The second-order valence-electron chi connectivity index (χ2n) is 5.11. The maximum atomic E-state index is 12.2. The summed E-state index contributed by atoms with van der Waals surface area (Å²) >= 11 is 1.68. The smallest absolute Gasteiger partial charge is 0.253 e. The minimum absolute atomic E-state index is 0.0223. The Labute approximate surface area is 122 Å². The van der Waals surface area contributed by atoms with Crippen LogP contribution in [-0.4, -0.2) is 48.6 Å². The topological polar surface area (TPSA) is 58.6 Å². The molecule has 2 rings (SSSR count). The molecule has 2 amide bonds. The summed E-state index contributed by atoms with van der Waals surface area (Å²) in [6, 6.07) is 4.05. The summed E-state index contributed by atoms with van der Waals surface area (Å²) in [5, 5.41) is 4.92. The van der Waals surface area contributed by atoms with Crippen LogP contribution < -0.4 is 5.32 Å². The maximum absolute atomic E-state index is 12.2. The molecular weight excluding hydrogens is 276 g/mol. The molecular formula is C14H20N2O3S. The van der Waals surface area contributed by atoms with Gasteiger partial charge in [-0.1, -0.05) is 6.07 Å². The van der Waals surface area contributed by atoms with Crippen LogP contribution in [0.25, 0.3) is 0 Å². The van der Waals surface area contributed by atoms with Crippen molar-refractivity contribution in [3.63, 3.8) is 0 Å². The van der Waals surface area contributed by atoms with Crippen LogP contribution in [0.15, 0.2) is 17.5 Å². The molecule has 0 aliphatic carbocycles. The van der Waals surface area contributed by atoms with E-state index in [0.29, 0.717) is 26.2 Å². The van der Waals surface area contributed by atoms with Gasteiger partial charge in [0.2, 0.25) is 5.91 Å². The van der Waals surface area contributed by atoms with Gasteiger partial charge in [-0.2, -0.15) is 0 Å². The number of nitrogens with zero attached hydrogens (tertiary/aromatic N) is 1. The van der Waals surface area contributed by atoms with Gasteiger partial charge in [-0.05, 0) is 24.8 Å². The predicted molar refractivity (Wildman–Crippen MR) is 77.6 cm³/mol. The largest absolute Gasteiger partial charge is 0.362 e. The molecule has 0 bridgehead atoms. The van der Waals surface area contributed by atoms with E-state index < -0.39 is 5.60 Å². The number of carbonyl (C=O) groups is 2. The van der Waals surface area contributed by atoms with Crippen molar-refractivity contribution in [2.45, 2.75) is 25.9 Å². The summed E-state index contributed by atoms with van der Waals surface area (Å²) in [7, 11) is 0. The van der Waals surface area contributed by atoms with Crippen LogP contribution >= 0.6 is 11.3 Å². The third kappa shape index (κ3) is 3.58. The Bertz CT molecular complexity index is 475. The Kier molecular flexibility index (Phi) is 4.77. The molecule has 1 aromatic heterocycles. The number of ether oxygens (including phenoxy) is 1. The van der Waals surface area contributed by atoms with Gasteiger partial charge >= 0.3 is 0 Å². The quantitative estimate of drug-likeness (QED) is 0.903. The molecule has 0 aromatic carbocycles. The molecule has 0 saturated carbocycles. The minimum atomic E-state index is -0.945. The first-order valence-corrected chi connectivity index (χ1v) is 7.59. The predicted octanol–water partition coefficient (Wildman–Crippen LogP) is 1.04. The molecule has 1 atom stereocenters. The van der Waals surface area contributed by atoms with Gasteiger partial charge in [-0.3, -0.25) is 9.59 Å². The number of carbonyl (C=O) groups excluding carboxylic acids is 2. The van der Waals surface area contributed by atoms with Crippen LogP contribution in [0.4, 0.5) is 0 Å². The van der Waals surface area contributed by atoms with Crippen molar-refractivity contribution in [2.24, 2.45) is 0 Å². The normalized spacial score (nSPS) is 22.6. The van der Waals surface area contributed by atoms with Crippen molar-refractivity contribution in [3.05, 3.63) is 22.4 Å². The van der Waals surface area contributed by atoms with Crippen molar-refractivity contribution < 1.29 is 14.3 Å². The van der Waals surface area contributed by atoms with Crippen LogP contribution in [0.1, 0.15) is 18.7 Å². The first-order chi connectivity index (χ1) is 9.51. The second-order valence-corrected chi connectivity index (χ2v) is 6.14. The standard InChI is InChI=1S/C14H20N2O3S/c1-11(17)16-7-8-19-14(2,10-16)13(18)15-6-5-12-4-3-9-20-12/h3-4,9H,5-8,10H2,1-2H3,(H,15,18)/t14-/m0/s1. The highest BCUT2D eigenvalue weighted by Gasteiger charge is 2.39. The van der Waals surface area contributed by atoms with Gasteiger partial charge in [0.15, 0.2) is 5.60 Å². The highest BCUT2D eigenvalue weighted by atomic mass is 32.1. The fourth-order valence-corrected chi connectivity index (χ4v) is 2.93. The van der Waals surface area contributed by atoms with E-state index in [0.717, 1.165) is 6.42 Å². The van der Waals surface area contributed by atoms with E-state index >= 15 is 0 Å². The van der Waals surface area contributed by atoms with E-state index in [9.17, 15) is 9.59 Å². The van der Waals surface area contributed by atoms with Crippen LogP contribution in [0.3, 0.4) is 0 Å². The van der Waals surface area contributed by atoms with E-state index in [2.05, 4.69) is 5.32 Å². The number of nitrogens with one attached hydrogen (secondary N) is 1. The molecule has 0 unspecified atom stereocenters. The number of hydrogen-bond acceptors (Lipinski definition) is 4. The Morgan fingerprint density at radius 3 is 3.00 bits per heavy atom. The number of morpholine rings is 1. The third-order valence-corrected chi connectivity index (χ3v) is 4.37. The van der Waals surface area contributed by atoms with Gasteiger partial charge < -0.3 is 15.0 Å². The Morgan fingerprint density at radius 1 is 1.55 bits per heavy atom. The first kappa shape index (κ1) is 15.0. The van der Waals surface area contributed by atoms with Crippen molar-refractivity contribution in [3.8, 4) is 0 Å². The van der Waals surface area contributed by atoms with E-state index in [1.54, 1.807) is 23.2 Å². The molecule has 0 spiro atoms. The fourth-order valence-electron chi connectivity index (χ4n) is 2.22. The molecule has 2 heterocycles. The van der Waals surface area contributed by atoms with Crippen molar-refractivity contribution in [1.29, 1.82) is 0 Å². The molecule has 1 aliphatic rings. The number of thiophene rings is 1. The summed E-state index contributed by atoms with van der Waals surface area (Å²) in [6.45, 7) is 5.09. The summed E-state index contributed by atoms with van der Waals surface area (Å²) < 4.78 is 5.59. The number of rotatable bonds is 4. The van der Waals surface area contributed by atoms with E-state index in [4.69, 9.17) is 4.74 Å². The lowest BCUT2D eigenvalue weighted by atomic mass is 10.0. The summed E-state index contributed by atoms with van der Waals surface area (Å²) in [6.07, 6.45) is 0.815. The molecule has 1 N–H and O–H groups in total. The van der Waals surface area contributed by atoms with Gasteiger partial charge in [-0.15, -0.1) is 11.3 Å². The van der Waals surface area contributed by atoms with E-state index in [1.165, 1.54) is 11.8 Å². The van der Waals surface area contributed by atoms with Crippen molar-refractivity contribution in [2.75, 3.05) is 26.2 Å². The second kappa shape index (κ2) is 6.37. The van der Waals surface area contributed by atoms with Crippen molar-refractivity contribution in [1.82, 2.24) is 10.2 Å². The molecule has 1 fully saturated rings. The number of hydrogen-bond donors (Lipinski definition) is 1. The van der Waals surface area contributed by atoms with Crippen LogP contribution in [0.5, 0.6) is 0 Å². The monoisotopic (exact) mass is 296 g/mol. The molecule has 6 heteroatoms. The molecule has 1 aliphatic heterocycles. The Hall–Kier alpha value is -1.40. The van der Waals surface area contributed by atoms with Gasteiger partial charge in [0.1, 0.15) is 0 Å². The lowest BCUT2D eigenvalue weighted by Crippen LogP contribution is -2.59. The summed E-state index contributed by atoms with van der Waals surface area (Å²) in [5.74, 6) is -0.175. The van der Waals surface area contributed by atoms with Crippen LogP contribution in [0.2, 0.25) is 0 Å². The first-order valence-electron chi connectivity index (χ1n) is 6.71. The highest BCUT2D eigenvalue weighted by molar-refractivity contribution is 7.09. The van der Waals surface area contributed by atoms with Gasteiger partial charge in [0.25, 0.3) is 5.91 Å². The summed E-state index contributed by atoms with van der Waals surface area (Å²) in [4.78, 5) is 26.6. The fraction of sp³-hybridized carbons (Fsp3) is 0.571. The SMILES string of the molecule is CC(=O)N1CCO[C@](C)(C(=O)NCCc2cccs2)C1. The molecule has 1 aromatic rings. The van der Waals surface area contributed by atoms with Gasteiger partial charge in [0, 0.05) is 24.9 Å². The zero-order valence-electron chi connectivity index (χ0n) is 11.8. The zero-order valence-corrected chi connectivity index (χ0v) is 12.7. The minimum Gasteiger partial charge on any atom is -0.362 e.